The highest BCUT2D eigenvalue weighted by atomic mass is 15.2. The molecule has 0 atom stereocenters. The van der Waals surface area contributed by atoms with Crippen molar-refractivity contribution in [2.45, 2.75) is 49.4 Å². The molecule has 0 radical (unpaired) electrons. The maximum absolute atomic E-state index is 2.59. The first-order chi connectivity index (χ1) is 65.0. The molecule has 0 fully saturated rings. The molecule has 0 unspecified atom stereocenters. The highest BCUT2D eigenvalue weighted by molar-refractivity contribution is 6.07. The molecule has 2 heterocycles. The number of rotatable bonds is 13. The molecule has 20 aromatic carbocycles. The number of anilines is 12. The number of benzene rings is 20. The Kier molecular flexibility index (Phi) is 17.2. The Bertz CT molecular complexity index is 8040. The van der Waals surface area contributed by atoms with Gasteiger partial charge in [0, 0.05) is 55.8 Å². The molecule has 26 rings (SSSR count). The van der Waals surface area contributed by atoms with Crippen LogP contribution in [0.5, 0.6) is 0 Å². The third kappa shape index (κ3) is 11.1. The summed E-state index contributed by atoms with van der Waals surface area (Å²) in [4.78, 5) is 10.2. The van der Waals surface area contributed by atoms with Gasteiger partial charge in [0.15, 0.2) is 0 Å². The average molecular weight is 1680 g/mol. The molecule has 622 valence electrons. The zero-order chi connectivity index (χ0) is 87.7. The molecule has 0 saturated heterocycles. The maximum Gasteiger partial charge on any atom is 0.0755 e. The van der Waals surface area contributed by atoms with Gasteiger partial charge in [0.05, 0.1) is 56.3 Å². The molecule has 0 saturated carbocycles. The Balaban J connectivity index is 0.577. The lowest BCUT2D eigenvalue weighted by Crippen LogP contribution is -2.36. The Morgan fingerprint density at radius 3 is 0.939 bits per heavy atom. The number of para-hydroxylation sites is 7. The molecule has 4 nitrogen and oxygen atoms in total. The predicted molar refractivity (Wildman–Crippen MR) is 549 cm³/mol. The fourth-order valence-corrected chi connectivity index (χ4v) is 24.2. The first-order valence-electron chi connectivity index (χ1n) is 46.3. The van der Waals surface area contributed by atoms with Crippen LogP contribution in [0.3, 0.4) is 0 Å². The monoisotopic (exact) mass is 1680 g/mol. The van der Waals surface area contributed by atoms with E-state index in [0.717, 1.165) is 95.8 Å². The van der Waals surface area contributed by atoms with Gasteiger partial charge in [-0.15, -0.1) is 0 Å². The van der Waals surface area contributed by atoms with E-state index in [1.165, 1.54) is 139 Å². The van der Waals surface area contributed by atoms with E-state index in [9.17, 15) is 0 Å². The Morgan fingerprint density at radius 1 is 0.167 bits per heavy atom. The average Bonchev–Trinajstić information content (AvgIpc) is 1.52. The molecule has 0 aromatic heterocycles. The van der Waals surface area contributed by atoms with Crippen molar-refractivity contribution in [2.75, 3.05) is 19.6 Å². The zero-order valence-corrected chi connectivity index (χ0v) is 73.8. The first kappa shape index (κ1) is 76.8. The van der Waals surface area contributed by atoms with E-state index in [1.54, 1.807) is 0 Å². The van der Waals surface area contributed by atoms with Gasteiger partial charge in [0.25, 0.3) is 0 Å². The smallest absolute Gasteiger partial charge is 0.0755 e. The third-order valence-corrected chi connectivity index (χ3v) is 29.9. The molecule has 0 amide bonds. The second-order valence-corrected chi connectivity index (χ2v) is 37.2. The van der Waals surface area contributed by atoms with Crippen molar-refractivity contribution >= 4 is 68.2 Å². The van der Waals surface area contributed by atoms with Gasteiger partial charge in [0.2, 0.25) is 0 Å². The van der Waals surface area contributed by atoms with Crippen LogP contribution in [-0.2, 0) is 21.7 Å². The summed E-state index contributed by atoms with van der Waals surface area (Å²) in [6.07, 6.45) is 0. The second kappa shape index (κ2) is 29.6. The Morgan fingerprint density at radius 2 is 0.470 bits per heavy atom. The number of nitrogens with zero attached hydrogens (tertiary/aromatic N) is 4. The normalized spacial score (nSPS) is 14.3. The van der Waals surface area contributed by atoms with Crippen LogP contribution in [-0.4, -0.2) is 0 Å². The zero-order valence-electron chi connectivity index (χ0n) is 73.8. The maximum atomic E-state index is 2.59. The summed E-state index contributed by atoms with van der Waals surface area (Å²) in [5, 5.41) is 0. The van der Waals surface area contributed by atoms with Crippen LogP contribution in [0, 0.1) is 0 Å². The fraction of sp³-hybridized carbons (Fsp3) is 0.0625. The fourth-order valence-electron chi connectivity index (χ4n) is 24.2. The van der Waals surface area contributed by atoms with E-state index in [2.05, 4.69) is 520 Å². The molecule has 20 aromatic rings. The van der Waals surface area contributed by atoms with E-state index in [0.29, 0.717) is 0 Å². The summed E-state index contributed by atoms with van der Waals surface area (Å²) in [6.45, 7) is 9.58. The van der Waals surface area contributed by atoms with Crippen LogP contribution in [0.15, 0.2) is 473 Å². The van der Waals surface area contributed by atoms with Crippen molar-refractivity contribution in [1.29, 1.82) is 0 Å². The standard InChI is InChI=1S/C128H90N4/c1-125(2)103-53-19-13-48-96(103)98-77-75-91(81-113(98)125)131(121-69-35-61-111-123(121)101-51-15-21-55-105(101)127(111)107-57-23-29-65-117(107)129(89-43-9-6-10-44-89)118-66-30-24-58-108(118)127)115-63-27-17-46-94(115)88-42-34-41-87(80-88)86-40-33-39-85(79-86)83-71-73-90(74-72-83)130-119-67-31-25-59-109(119)128(110-60-26-32-68-120(110)130)106-56-22-16-52-102(106)124-112(128)62-36-70-122(124)132(92-76-78-99-97-49-14-20-54-104(97)126(3,4)114(99)82-92)116-64-28-18-50-100(116)95-47-12-11-45-93(95)84-37-7-5-8-38-84/h5-82H,1-4H3. The van der Waals surface area contributed by atoms with Crippen molar-refractivity contribution in [2.24, 2.45) is 0 Å². The van der Waals surface area contributed by atoms with Crippen molar-refractivity contribution < 1.29 is 0 Å². The highest BCUT2D eigenvalue weighted by Crippen LogP contribution is 2.69. The highest BCUT2D eigenvalue weighted by Gasteiger charge is 2.55. The molecule has 0 N–H and O–H groups in total. The van der Waals surface area contributed by atoms with Gasteiger partial charge in [-0.25, -0.2) is 0 Å². The van der Waals surface area contributed by atoms with Crippen LogP contribution in [0.25, 0.3) is 100 Å². The minimum absolute atomic E-state index is 0.235. The molecule has 4 heteroatoms. The number of hydrogen-bond acceptors (Lipinski definition) is 4. The number of hydrogen-bond donors (Lipinski definition) is 0. The van der Waals surface area contributed by atoms with E-state index >= 15 is 0 Å². The largest absolute Gasteiger partial charge is 0.310 e. The third-order valence-electron chi connectivity index (χ3n) is 29.9. The molecule has 0 bridgehead atoms. The molecule has 6 aliphatic rings. The van der Waals surface area contributed by atoms with Gasteiger partial charge in [-0.1, -0.05) is 392 Å². The second-order valence-electron chi connectivity index (χ2n) is 37.2. The van der Waals surface area contributed by atoms with Crippen molar-refractivity contribution in [3.63, 3.8) is 0 Å². The molecule has 4 aliphatic carbocycles. The summed E-state index contributed by atoms with van der Waals surface area (Å²) < 4.78 is 0. The summed E-state index contributed by atoms with van der Waals surface area (Å²) >= 11 is 0. The van der Waals surface area contributed by atoms with E-state index < -0.39 is 10.8 Å². The van der Waals surface area contributed by atoms with Crippen LogP contribution in [0.1, 0.15) is 94.5 Å². The van der Waals surface area contributed by atoms with Gasteiger partial charge in [-0.3, -0.25) is 0 Å². The van der Waals surface area contributed by atoms with Gasteiger partial charge in [-0.2, -0.15) is 0 Å². The minimum Gasteiger partial charge on any atom is -0.310 e. The molecular weight excluding hydrogens is 1590 g/mol. The summed E-state index contributed by atoms with van der Waals surface area (Å²) in [5.74, 6) is 0. The van der Waals surface area contributed by atoms with Gasteiger partial charge >= 0.3 is 0 Å². The lowest BCUT2D eigenvalue weighted by atomic mass is 9.64. The van der Waals surface area contributed by atoms with Crippen molar-refractivity contribution in [1.82, 2.24) is 0 Å². The summed E-state index contributed by atoms with van der Waals surface area (Å²) in [7, 11) is 0. The quantitative estimate of drug-likeness (QED) is 0.114. The van der Waals surface area contributed by atoms with Crippen LogP contribution >= 0.6 is 0 Å². The van der Waals surface area contributed by atoms with E-state index in [-0.39, 0.29) is 10.8 Å². The van der Waals surface area contributed by atoms with Crippen LogP contribution in [0.4, 0.5) is 68.2 Å². The van der Waals surface area contributed by atoms with Crippen molar-refractivity contribution in [3.05, 3.63) is 540 Å². The van der Waals surface area contributed by atoms with Gasteiger partial charge in [-0.05, 0) is 254 Å². The van der Waals surface area contributed by atoms with E-state index in [4.69, 9.17) is 0 Å². The van der Waals surface area contributed by atoms with Gasteiger partial charge < -0.3 is 19.6 Å². The first-order valence-corrected chi connectivity index (χ1v) is 46.3. The SMILES string of the molecule is CC1(C)c2ccccc2-c2ccc(N(c3ccccc3-c3cccc(-c4cccc(-c5ccc(N6c7ccccc7C7(c8ccccc8-c8c(N(c9ccc%10c(c9)C(C)(C)c9ccccc9-%10)c9ccccc9-c9ccccc9-c9ccccc9)cccc87)c7ccccc76)cc5)c4)c3)c3cccc4c3-c3ccccc3C43c4ccccc4N(c4ccccc4)c4ccccc43)cc21. The number of fused-ring (bicyclic) bond motifs is 24. The van der Waals surface area contributed by atoms with Crippen molar-refractivity contribution in [3.8, 4) is 100 Å². The van der Waals surface area contributed by atoms with Crippen LogP contribution in [0.2, 0.25) is 0 Å². The topological polar surface area (TPSA) is 13.0 Å². The lowest BCUT2D eigenvalue weighted by Gasteiger charge is -2.45. The van der Waals surface area contributed by atoms with E-state index in [1.807, 2.05) is 0 Å². The summed E-state index contributed by atoms with van der Waals surface area (Å²) in [6, 6.07) is 179. The lowest BCUT2D eigenvalue weighted by molar-refractivity contribution is 0.660. The summed E-state index contributed by atoms with van der Waals surface area (Å²) in [5.41, 5.74) is 48.6. The Hall–Kier alpha value is -16.4. The predicted octanol–water partition coefficient (Wildman–Crippen LogP) is 33.9. The van der Waals surface area contributed by atoms with Crippen LogP contribution < -0.4 is 19.6 Å². The molecule has 2 aliphatic heterocycles. The Labute approximate surface area is 771 Å². The minimum atomic E-state index is -0.715. The molecule has 132 heavy (non-hydrogen) atoms. The molecule has 2 spiro atoms. The van der Waals surface area contributed by atoms with Gasteiger partial charge in [0.1, 0.15) is 0 Å². The molecular formula is C128H90N4.